The van der Waals surface area contributed by atoms with Gasteiger partial charge in [0.15, 0.2) is 0 Å². The Labute approximate surface area is 116 Å². The lowest BCUT2D eigenvalue weighted by atomic mass is 9.88. The van der Waals surface area contributed by atoms with E-state index >= 15 is 0 Å². The minimum absolute atomic E-state index is 0.292. The van der Waals surface area contributed by atoms with E-state index in [0.717, 1.165) is 37.4 Å². The van der Waals surface area contributed by atoms with Crippen LogP contribution in [0.2, 0.25) is 0 Å². The third-order valence-corrected chi connectivity index (χ3v) is 3.96. The third kappa shape index (κ3) is 5.39. The van der Waals surface area contributed by atoms with E-state index in [1.54, 1.807) is 0 Å². The molecule has 110 valence electrons. The Balaban J connectivity index is 1.61. The topological polar surface area (TPSA) is 50.4 Å². The van der Waals surface area contributed by atoms with Crippen LogP contribution in [-0.4, -0.2) is 30.8 Å². The van der Waals surface area contributed by atoms with Crippen molar-refractivity contribution in [1.82, 2.24) is 10.6 Å². The van der Waals surface area contributed by atoms with Gasteiger partial charge in [0.25, 0.3) is 0 Å². The van der Waals surface area contributed by atoms with Crippen LogP contribution in [0.5, 0.6) is 0 Å². The molecule has 0 spiro atoms. The number of hydrogen-bond donors (Lipinski definition) is 2. The van der Waals surface area contributed by atoms with E-state index in [9.17, 15) is 4.79 Å². The Morgan fingerprint density at radius 2 is 2.05 bits per heavy atom. The summed E-state index contributed by atoms with van der Waals surface area (Å²) in [7, 11) is 0. The molecule has 2 N–H and O–H groups in total. The lowest BCUT2D eigenvalue weighted by molar-refractivity contribution is 0.0523. The first-order chi connectivity index (χ1) is 8.94. The van der Waals surface area contributed by atoms with Crippen LogP contribution >= 0.6 is 0 Å². The van der Waals surface area contributed by atoms with Crippen LogP contribution in [0.1, 0.15) is 52.9 Å². The minimum Gasteiger partial charge on any atom is -0.444 e. The van der Waals surface area contributed by atoms with Crippen LogP contribution in [0, 0.1) is 11.8 Å². The first kappa shape index (κ1) is 14.6. The molecule has 0 aromatic carbocycles. The average Bonchev–Trinajstić information content (AvgIpc) is 3.10. The van der Waals surface area contributed by atoms with Gasteiger partial charge in [0.2, 0.25) is 0 Å². The fourth-order valence-corrected chi connectivity index (χ4v) is 2.85. The molecule has 1 heterocycles. The summed E-state index contributed by atoms with van der Waals surface area (Å²) >= 11 is 0. The molecule has 19 heavy (non-hydrogen) atoms. The van der Waals surface area contributed by atoms with Crippen molar-refractivity contribution in [2.45, 2.75) is 64.5 Å². The van der Waals surface area contributed by atoms with Crippen molar-refractivity contribution in [2.75, 3.05) is 13.1 Å². The quantitative estimate of drug-likeness (QED) is 0.824. The molecule has 1 amide bonds. The summed E-state index contributed by atoms with van der Waals surface area (Å²) < 4.78 is 5.23. The van der Waals surface area contributed by atoms with Crippen molar-refractivity contribution >= 4 is 6.09 Å². The van der Waals surface area contributed by atoms with Gasteiger partial charge in [0, 0.05) is 12.6 Å². The molecular formula is C15H28N2O2. The normalized spacial score (nSPS) is 27.9. The van der Waals surface area contributed by atoms with Gasteiger partial charge in [-0.1, -0.05) is 0 Å². The number of hydrogen-bond acceptors (Lipinski definition) is 3. The predicted octanol–water partition coefficient (Wildman–Crippen LogP) is 2.68. The molecule has 0 bridgehead atoms. The maximum Gasteiger partial charge on any atom is 0.407 e. The van der Waals surface area contributed by atoms with Gasteiger partial charge < -0.3 is 15.4 Å². The van der Waals surface area contributed by atoms with E-state index in [2.05, 4.69) is 10.6 Å². The highest BCUT2D eigenvalue weighted by molar-refractivity contribution is 5.67. The number of piperidine rings is 1. The lowest BCUT2D eigenvalue weighted by Gasteiger charge is -2.30. The summed E-state index contributed by atoms with van der Waals surface area (Å²) in [4.78, 5) is 11.5. The van der Waals surface area contributed by atoms with E-state index in [1.807, 2.05) is 20.8 Å². The van der Waals surface area contributed by atoms with Gasteiger partial charge in [-0.3, -0.25) is 0 Å². The molecule has 2 unspecified atom stereocenters. The number of carbonyl (C=O) groups excluding carboxylic acids is 1. The molecule has 1 aliphatic heterocycles. The maximum absolute atomic E-state index is 11.5. The van der Waals surface area contributed by atoms with Crippen molar-refractivity contribution < 1.29 is 9.53 Å². The lowest BCUT2D eigenvalue weighted by Crippen LogP contribution is -2.40. The molecular weight excluding hydrogens is 240 g/mol. The molecule has 1 saturated heterocycles. The Morgan fingerprint density at radius 3 is 2.68 bits per heavy atom. The summed E-state index contributed by atoms with van der Waals surface area (Å²) in [6.07, 6.45) is 6.10. The summed E-state index contributed by atoms with van der Waals surface area (Å²) in [5.74, 6) is 1.68. The zero-order chi connectivity index (χ0) is 13.9. The largest absolute Gasteiger partial charge is 0.444 e. The summed E-state index contributed by atoms with van der Waals surface area (Å²) in [6.45, 7) is 7.54. The molecule has 0 radical (unpaired) electrons. The van der Waals surface area contributed by atoms with Crippen molar-refractivity contribution in [1.29, 1.82) is 0 Å². The van der Waals surface area contributed by atoms with Crippen LogP contribution in [0.15, 0.2) is 0 Å². The first-order valence-electron chi connectivity index (χ1n) is 7.64. The van der Waals surface area contributed by atoms with Gasteiger partial charge in [0.1, 0.15) is 5.60 Å². The van der Waals surface area contributed by atoms with Gasteiger partial charge in [-0.15, -0.1) is 0 Å². The van der Waals surface area contributed by atoms with Crippen LogP contribution < -0.4 is 10.6 Å². The Hall–Kier alpha value is -0.770. The number of carbonyl (C=O) groups is 1. The monoisotopic (exact) mass is 268 g/mol. The SMILES string of the molecule is CC(C)(C)OC(=O)NCCC1CCNC(C2CC2)C1. The number of alkyl carbamates (subject to hydrolysis) is 1. The molecule has 0 aromatic heterocycles. The molecule has 1 aliphatic carbocycles. The van der Waals surface area contributed by atoms with Gasteiger partial charge in [-0.2, -0.15) is 0 Å². The number of rotatable bonds is 4. The summed E-state index contributed by atoms with van der Waals surface area (Å²) in [6, 6.07) is 0.736. The zero-order valence-electron chi connectivity index (χ0n) is 12.5. The molecule has 4 nitrogen and oxygen atoms in total. The molecule has 2 atom stereocenters. The van der Waals surface area contributed by atoms with E-state index in [0.29, 0.717) is 0 Å². The fourth-order valence-electron chi connectivity index (χ4n) is 2.85. The number of ether oxygens (including phenoxy) is 1. The number of nitrogens with one attached hydrogen (secondary N) is 2. The average molecular weight is 268 g/mol. The summed E-state index contributed by atoms with van der Waals surface area (Å²) in [5, 5.41) is 6.49. The highest BCUT2D eigenvalue weighted by atomic mass is 16.6. The van der Waals surface area contributed by atoms with E-state index in [4.69, 9.17) is 4.74 Å². The van der Waals surface area contributed by atoms with E-state index < -0.39 is 5.60 Å². The highest BCUT2D eigenvalue weighted by Gasteiger charge is 2.34. The number of amides is 1. The zero-order valence-corrected chi connectivity index (χ0v) is 12.5. The Kier molecular flexibility index (Phi) is 4.71. The van der Waals surface area contributed by atoms with E-state index in [1.165, 1.54) is 25.7 Å². The highest BCUT2D eigenvalue weighted by Crippen LogP contribution is 2.37. The van der Waals surface area contributed by atoms with Gasteiger partial charge >= 0.3 is 6.09 Å². The molecule has 0 aromatic rings. The van der Waals surface area contributed by atoms with Crippen molar-refractivity contribution in [3.8, 4) is 0 Å². The van der Waals surface area contributed by atoms with Crippen LogP contribution in [0.25, 0.3) is 0 Å². The fraction of sp³-hybridized carbons (Fsp3) is 0.933. The third-order valence-electron chi connectivity index (χ3n) is 3.96. The van der Waals surface area contributed by atoms with Crippen molar-refractivity contribution in [3.05, 3.63) is 0 Å². The predicted molar refractivity (Wildman–Crippen MR) is 76.1 cm³/mol. The van der Waals surface area contributed by atoms with E-state index in [-0.39, 0.29) is 6.09 Å². The molecule has 2 fully saturated rings. The van der Waals surface area contributed by atoms with Crippen LogP contribution in [-0.2, 0) is 4.74 Å². The smallest absolute Gasteiger partial charge is 0.407 e. The Bertz CT molecular complexity index is 308. The van der Waals surface area contributed by atoms with Crippen molar-refractivity contribution in [3.63, 3.8) is 0 Å². The maximum atomic E-state index is 11.5. The first-order valence-corrected chi connectivity index (χ1v) is 7.64. The summed E-state index contributed by atoms with van der Waals surface area (Å²) in [5.41, 5.74) is -0.407. The van der Waals surface area contributed by atoms with Crippen LogP contribution in [0.3, 0.4) is 0 Å². The second-order valence-electron chi connectivity index (χ2n) is 7.01. The van der Waals surface area contributed by atoms with Gasteiger partial charge in [-0.25, -0.2) is 4.79 Å². The second kappa shape index (κ2) is 6.12. The second-order valence-corrected chi connectivity index (χ2v) is 7.01. The van der Waals surface area contributed by atoms with Gasteiger partial charge in [0.05, 0.1) is 0 Å². The molecule has 1 saturated carbocycles. The minimum atomic E-state index is -0.407. The Morgan fingerprint density at radius 1 is 1.32 bits per heavy atom. The molecule has 2 aliphatic rings. The van der Waals surface area contributed by atoms with Gasteiger partial charge in [-0.05, 0) is 71.3 Å². The van der Waals surface area contributed by atoms with Crippen LogP contribution in [0.4, 0.5) is 4.79 Å². The molecule has 4 heteroatoms. The molecule has 2 rings (SSSR count). The van der Waals surface area contributed by atoms with Crippen molar-refractivity contribution in [2.24, 2.45) is 11.8 Å². The standard InChI is InChI=1S/C15H28N2O2/c1-15(2,3)19-14(18)17-9-7-11-6-8-16-13(10-11)12-4-5-12/h11-13,16H,4-10H2,1-3H3,(H,17,18).